The van der Waals surface area contributed by atoms with Crippen LogP contribution in [0.4, 0.5) is 18.9 Å². The molecule has 0 saturated heterocycles. The Hall–Kier alpha value is -2.88. The molecule has 0 spiro atoms. The Balaban J connectivity index is 1.74. The maximum Gasteiger partial charge on any atom is 0.416 e. The summed E-state index contributed by atoms with van der Waals surface area (Å²) in [4.78, 5) is 35.1. The lowest BCUT2D eigenvalue weighted by Gasteiger charge is -2.09. The number of benzene rings is 2. The SMILES string of the molecule is O=C(COC(=O)CNC(=O)c1ccc(Br)cc1)Nc1ccc(C(F)(F)F)cc1. The summed E-state index contributed by atoms with van der Waals surface area (Å²) in [6.45, 7) is -1.09. The third-order valence-corrected chi connectivity index (χ3v) is 3.89. The first kappa shape index (κ1) is 21.4. The predicted octanol–water partition coefficient (Wildman–Crippen LogP) is 3.38. The molecule has 2 aromatic carbocycles. The van der Waals surface area contributed by atoms with Gasteiger partial charge in [0.15, 0.2) is 6.61 Å². The first-order valence-electron chi connectivity index (χ1n) is 7.81. The van der Waals surface area contributed by atoms with Crippen molar-refractivity contribution in [1.29, 1.82) is 0 Å². The highest BCUT2D eigenvalue weighted by atomic mass is 79.9. The molecule has 0 aliphatic carbocycles. The summed E-state index contributed by atoms with van der Waals surface area (Å²) in [7, 11) is 0. The van der Waals surface area contributed by atoms with Crippen molar-refractivity contribution in [3.8, 4) is 0 Å². The normalized spacial score (nSPS) is 10.9. The van der Waals surface area contributed by atoms with E-state index in [4.69, 9.17) is 4.74 Å². The maximum atomic E-state index is 12.5. The highest BCUT2D eigenvalue weighted by Gasteiger charge is 2.30. The number of ether oxygens (including phenoxy) is 1. The van der Waals surface area contributed by atoms with Gasteiger partial charge in [0.25, 0.3) is 11.8 Å². The molecule has 0 unspecified atom stereocenters. The fourth-order valence-corrected chi connectivity index (χ4v) is 2.26. The van der Waals surface area contributed by atoms with E-state index in [1.807, 2.05) is 0 Å². The standard InChI is InChI=1S/C18H14BrF3N2O4/c19-13-5-1-11(2-6-13)17(27)23-9-16(26)28-10-15(25)24-14-7-3-12(4-8-14)18(20,21)22/h1-8H,9-10H2,(H,23,27)(H,24,25). The minimum atomic E-state index is -4.47. The lowest BCUT2D eigenvalue weighted by Crippen LogP contribution is -2.32. The predicted molar refractivity (Wildman–Crippen MR) is 97.5 cm³/mol. The monoisotopic (exact) mass is 458 g/mol. The molecule has 0 aliphatic rings. The van der Waals surface area contributed by atoms with Gasteiger partial charge in [-0.1, -0.05) is 15.9 Å². The van der Waals surface area contributed by atoms with Crippen molar-refractivity contribution in [2.24, 2.45) is 0 Å². The van der Waals surface area contributed by atoms with Gasteiger partial charge in [-0.3, -0.25) is 14.4 Å². The van der Waals surface area contributed by atoms with E-state index < -0.39 is 42.7 Å². The molecule has 0 atom stereocenters. The van der Waals surface area contributed by atoms with E-state index in [0.29, 0.717) is 5.56 Å². The molecule has 0 radical (unpaired) electrons. The molecule has 28 heavy (non-hydrogen) atoms. The molecular formula is C18H14BrF3N2O4. The Morgan fingerprint density at radius 2 is 1.57 bits per heavy atom. The highest BCUT2D eigenvalue weighted by molar-refractivity contribution is 9.10. The summed E-state index contributed by atoms with van der Waals surface area (Å²) in [6.07, 6.45) is -4.47. The zero-order chi connectivity index (χ0) is 20.7. The average molecular weight is 459 g/mol. The molecule has 0 heterocycles. The fraction of sp³-hybridized carbons (Fsp3) is 0.167. The second kappa shape index (κ2) is 9.36. The van der Waals surface area contributed by atoms with Crippen LogP contribution in [-0.2, 0) is 20.5 Å². The molecule has 0 saturated carbocycles. The molecule has 2 N–H and O–H groups in total. The van der Waals surface area contributed by atoms with Gasteiger partial charge in [-0.25, -0.2) is 0 Å². The van der Waals surface area contributed by atoms with Crippen molar-refractivity contribution >= 4 is 39.4 Å². The van der Waals surface area contributed by atoms with Crippen LogP contribution in [-0.4, -0.2) is 30.9 Å². The zero-order valence-corrected chi connectivity index (χ0v) is 15.8. The van der Waals surface area contributed by atoms with Gasteiger partial charge in [0.05, 0.1) is 5.56 Å². The van der Waals surface area contributed by atoms with Gasteiger partial charge >= 0.3 is 12.1 Å². The molecule has 0 fully saturated rings. The Morgan fingerprint density at radius 1 is 0.964 bits per heavy atom. The third kappa shape index (κ3) is 6.69. The van der Waals surface area contributed by atoms with E-state index in [-0.39, 0.29) is 5.69 Å². The first-order chi connectivity index (χ1) is 13.1. The second-order valence-electron chi connectivity index (χ2n) is 5.47. The number of nitrogens with one attached hydrogen (secondary N) is 2. The summed E-state index contributed by atoms with van der Waals surface area (Å²) in [5.41, 5.74) is -0.382. The average Bonchev–Trinajstić information content (AvgIpc) is 2.64. The number of carbonyl (C=O) groups is 3. The molecule has 0 aliphatic heterocycles. The van der Waals surface area contributed by atoms with Gasteiger partial charge < -0.3 is 15.4 Å². The number of hydrogen-bond acceptors (Lipinski definition) is 4. The Labute approximate surface area is 166 Å². The number of alkyl halides is 3. The first-order valence-corrected chi connectivity index (χ1v) is 8.61. The van der Waals surface area contributed by atoms with Crippen molar-refractivity contribution in [3.05, 3.63) is 64.1 Å². The van der Waals surface area contributed by atoms with Crippen LogP contribution < -0.4 is 10.6 Å². The summed E-state index contributed by atoms with van der Waals surface area (Å²) in [5.74, 6) is -2.06. The quantitative estimate of drug-likeness (QED) is 0.649. The largest absolute Gasteiger partial charge is 0.454 e. The van der Waals surface area contributed by atoms with Crippen LogP contribution in [0, 0.1) is 0 Å². The van der Waals surface area contributed by atoms with Gasteiger partial charge in [0.2, 0.25) is 0 Å². The molecule has 2 aromatic rings. The number of amides is 2. The second-order valence-corrected chi connectivity index (χ2v) is 6.39. The number of carbonyl (C=O) groups excluding carboxylic acids is 3. The van der Waals surface area contributed by atoms with Crippen LogP contribution in [0.5, 0.6) is 0 Å². The number of esters is 1. The van der Waals surface area contributed by atoms with E-state index in [2.05, 4.69) is 26.6 Å². The minimum absolute atomic E-state index is 0.123. The van der Waals surface area contributed by atoms with E-state index in [0.717, 1.165) is 28.7 Å². The van der Waals surface area contributed by atoms with Gasteiger partial charge in [-0.2, -0.15) is 13.2 Å². The Bertz CT molecular complexity index is 853. The number of halogens is 4. The fourth-order valence-electron chi connectivity index (χ4n) is 1.99. The lowest BCUT2D eigenvalue weighted by atomic mass is 10.2. The molecule has 0 bridgehead atoms. The highest BCUT2D eigenvalue weighted by Crippen LogP contribution is 2.29. The van der Waals surface area contributed by atoms with Gasteiger partial charge in [-0.05, 0) is 48.5 Å². The topological polar surface area (TPSA) is 84.5 Å². The van der Waals surface area contributed by atoms with Gasteiger partial charge in [-0.15, -0.1) is 0 Å². The summed E-state index contributed by atoms with van der Waals surface area (Å²) < 4.78 is 42.9. The molecule has 10 heteroatoms. The molecule has 0 aromatic heterocycles. The van der Waals surface area contributed by atoms with Crippen LogP contribution >= 0.6 is 15.9 Å². The summed E-state index contributed by atoms with van der Waals surface area (Å²) in [6, 6.07) is 10.3. The van der Waals surface area contributed by atoms with Crippen molar-refractivity contribution in [2.75, 3.05) is 18.5 Å². The van der Waals surface area contributed by atoms with Crippen LogP contribution in [0.1, 0.15) is 15.9 Å². The van der Waals surface area contributed by atoms with Crippen molar-refractivity contribution < 1.29 is 32.3 Å². The van der Waals surface area contributed by atoms with Crippen LogP contribution in [0.3, 0.4) is 0 Å². The van der Waals surface area contributed by atoms with Crippen molar-refractivity contribution in [1.82, 2.24) is 5.32 Å². The van der Waals surface area contributed by atoms with E-state index in [9.17, 15) is 27.6 Å². The van der Waals surface area contributed by atoms with Crippen LogP contribution in [0.15, 0.2) is 53.0 Å². The van der Waals surface area contributed by atoms with Crippen molar-refractivity contribution in [3.63, 3.8) is 0 Å². The third-order valence-electron chi connectivity index (χ3n) is 3.36. The lowest BCUT2D eigenvalue weighted by molar-refractivity contribution is -0.146. The van der Waals surface area contributed by atoms with Crippen molar-refractivity contribution in [2.45, 2.75) is 6.18 Å². The number of anilines is 1. The molecule has 2 amide bonds. The summed E-state index contributed by atoms with van der Waals surface area (Å²) in [5, 5.41) is 4.64. The van der Waals surface area contributed by atoms with E-state index in [1.54, 1.807) is 24.3 Å². The summed E-state index contributed by atoms with van der Waals surface area (Å²) >= 11 is 3.23. The molecule has 148 valence electrons. The minimum Gasteiger partial charge on any atom is -0.454 e. The smallest absolute Gasteiger partial charge is 0.416 e. The number of rotatable bonds is 6. The van der Waals surface area contributed by atoms with Gasteiger partial charge in [0.1, 0.15) is 6.54 Å². The zero-order valence-electron chi connectivity index (χ0n) is 14.2. The molecule has 2 rings (SSSR count). The van der Waals surface area contributed by atoms with Crippen LogP contribution in [0.2, 0.25) is 0 Å². The number of hydrogen-bond donors (Lipinski definition) is 2. The van der Waals surface area contributed by atoms with Gasteiger partial charge in [0, 0.05) is 15.7 Å². The maximum absolute atomic E-state index is 12.5. The van der Waals surface area contributed by atoms with E-state index >= 15 is 0 Å². The molecular weight excluding hydrogens is 445 g/mol. The Morgan fingerprint density at radius 3 is 2.14 bits per heavy atom. The van der Waals surface area contributed by atoms with E-state index in [1.165, 1.54) is 0 Å². The Kier molecular flexibility index (Phi) is 7.16. The van der Waals surface area contributed by atoms with Crippen LogP contribution in [0.25, 0.3) is 0 Å². The molecule has 6 nitrogen and oxygen atoms in total.